The third-order valence-electron chi connectivity index (χ3n) is 4.61. The summed E-state index contributed by atoms with van der Waals surface area (Å²) in [6.45, 7) is 5.53. The molecule has 0 aromatic heterocycles. The number of hydrogen-bond donors (Lipinski definition) is 2. The zero-order chi connectivity index (χ0) is 19.8. The van der Waals surface area contributed by atoms with Crippen LogP contribution in [0, 0.1) is 0 Å². The fraction of sp³-hybridized carbons (Fsp3) is 0.263. The van der Waals surface area contributed by atoms with Gasteiger partial charge in [0.2, 0.25) is 0 Å². The second-order valence-electron chi connectivity index (χ2n) is 6.88. The van der Waals surface area contributed by atoms with E-state index in [0.717, 1.165) is 5.56 Å². The summed E-state index contributed by atoms with van der Waals surface area (Å²) in [4.78, 5) is 27.2. The Morgan fingerprint density at radius 2 is 1.59 bits per heavy atom. The first kappa shape index (κ1) is 19.1. The average molecular weight is 387 g/mol. The van der Waals surface area contributed by atoms with Crippen molar-refractivity contribution in [1.82, 2.24) is 15.2 Å². The van der Waals surface area contributed by atoms with Gasteiger partial charge in [-0.25, -0.2) is 13.2 Å². The van der Waals surface area contributed by atoms with Gasteiger partial charge in [0.1, 0.15) is 5.54 Å². The van der Waals surface area contributed by atoms with Crippen LogP contribution in [0.3, 0.4) is 0 Å². The summed E-state index contributed by atoms with van der Waals surface area (Å²) in [5.41, 5.74) is 0.203. The lowest BCUT2D eigenvalue weighted by Crippen LogP contribution is -2.47. The average Bonchev–Trinajstić information content (AvgIpc) is 2.86. The van der Waals surface area contributed by atoms with E-state index in [-0.39, 0.29) is 10.8 Å². The van der Waals surface area contributed by atoms with E-state index in [1.54, 1.807) is 42.5 Å². The molecule has 1 aliphatic rings. The molecule has 1 heterocycles. The molecule has 0 unspecified atom stereocenters. The van der Waals surface area contributed by atoms with Gasteiger partial charge in [0.05, 0.1) is 4.90 Å². The van der Waals surface area contributed by atoms with Crippen LogP contribution >= 0.6 is 0 Å². The van der Waals surface area contributed by atoms with Gasteiger partial charge in [-0.05, 0) is 36.1 Å². The van der Waals surface area contributed by atoms with Gasteiger partial charge >= 0.3 is 6.03 Å². The highest BCUT2D eigenvalue weighted by atomic mass is 32.2. The van der Waals surface area contributed by atoms with Gasteiger partial charge in [0.15, 0.2) is 0 Å². The third kappa shape index (κ3) is 3.45. The number of urea groups is 1. The van der Waals surface area contributed by atoms with E-state index in [9.17, 15) is 18.0 Å². The molecule has 142 valence electrons. The Morgan fingerprint density at radius 3 is 2.15 bits per heavy atom. The van der Waals surface area contributed by atoms with E-state index in [2.05, 4.69) is 10.1 Å². The van der Waals surface area contributed by atoms with Gasteiger partial charge in [-0.1, -0.05) is 56.3 Å². The third-order valence-corrected chi connectivity index (χ3v) is 5.93. The summed E-state index contributed by atoms with van der Waals surface area (Å²) in [5, 5.41) is 3.07. The minimum absolute atomic E-state index is 0.0270. The summed E-state index contributed by atoms with van der Waals surface area (Å²) in [6, 6.07) is 14.1. The van der Waals surface area contributed by atoms with E-state index in [4.69, 9.17) is 0 Å². The number of nitrogens with one attached hydrogen (secondary N) is 2. The molecule has 2 aromatic carbocycles. The minimum atomic E-state index is -4.09. The van der Waals surface area contributed by atoms with Gasteiger partial charge in [-0.2, -0.15) is 5.01 Å². The fourth-order valence-corrected chi connectivity index (χ4v) is 3.90. The number of hydrazine groups is 1. The van der Waals surface area contributed by atoms with Crippen molar-refractivity contribution in [3.8, 4) is 0 Å². The van der Waals surface area contributed by atoms with Crippen LogP contribution < -0.4 is 10.1 Å². The van der Waals surface area contributed by atoms with Crippen molar-refractivity contribution in [2.75, 3.05) is 0 Å². The van der Waals surface area contributed by atoms with Crippen molar-refractivity contribution in [2.24, 2.45) is 0 Å². The van der Waals surface area contributed by atoms with Gasteiger partial charge < -0.3 is 5.32 Å². The highest BCUT2D eigenvalue weighted by Gasteiger charge is 2.50. The van der Waals surface area contributed by atoms with Crippen molar-refractivity contribution in [3.63, 3.8) is 0 Å². The molecular formula is C19H21N3O4S. The molecule has 1 saturated heterocycles. The predicted octanol–water partition coefficient (Wildman–Crippen LogP) is 2.47. The summed E-state index contributed by atoms with van der Waals surface area (Å²) < 4.78 is 25.2. The van der Waals surface area contributed by atoms with E-state index >= 15 is 0 Å². The molecule has 1 atom stereocenters. The van der Waals surface area contributed by atoms with Crippen molar-refractivity contribution in [2.45, 2.75) is 37.1 Å². The molecule has 8 heteroatoms. The second kappa shape index (κ2) is 6.79. The lowest BCUT2D eigenvalue weighted by Gasteiger charge is -2.22. The van der Waals surface area contributed by atoms with E-state index in [0.29, 0.717) is 10.6 Å². The molecule has 0 bridgehead atoms. The monoisotopic (exact) mass is 387 g/mol. The summed E-state index contributed by atoms with van der Waals surface area (Å²) in [7, 11) is -4.09. The molecule has 1 aliphatic heterocycles. The molecule has 0 saturated carbocycles. The van der Waals surface area contributed by atoms with Crippen LogP contribution in [-0.4, -0.2) is 25.4 Å². The number of carbonyl (C=O) groups excluding carboxylic acids is 2. The van der Waals surface area contributed by atoms with Crippen LogP contribution in [-0.2, 0) is 20.4 Å². The van der Waals surface area contributed by atoms with Crippen molar-refractivity contribution in [1.29, 1.82) is 0 Å². The van der Waals surface area contributed by atoms with Crippen LogP contribution in [0.2, 0.25) is 0 Å². The summed E-state index contributed by atoms with van der Waals surface area (Å²) >= 11 is 0. The number of benzene rings is 2. The molecular weight excluding hydrogens is 366 g/mol. The highest BCUT2D eigenvalue weighted by Crippen LogP contribution is 2.28. The Bertz CT molecular complexity index is 972. The van der Waals surface area contributed by atoms with Crippen LogP contribution in [0.25, 0.3) is 0 Å². The Morgan fingerprint density at radius 1 is 1.00 bits per heavy atom. The SMILES string of the molecule is CC(C)c1ccc(S(=O)(=O)NN2C(=O)N[C@](C)(c3ccccc3)C2=O)cc1. The van der Waals surface area contributed by atoms with Gasteiger partial charge in [-0.15, -0.1) is 4.83 Å². The Kier molecular flexibility index (Phi) is 4.79. The van der Waals surface area contributed by atoms with Crippen molar-refractivity contribution >= 4 is 22.0 Å². The Balaban J connectivity index is 1.86. The maximum atomic E-state index is 12.8. The van der Waals surface area contributed by atoms with Gasteiger partial charge in [0.25, 0.3) is 15.9 Å². The molecule has 27 heavy (non-hydrogen) atoms. The smallest absolute Gasteiger partial charge is 0.318 e. The maximum absolute atomic E-state index is 12.8. The van der Waals surface area contributed by atoms with Crippen LogP contribution in [0.5, 0.6) is 0 Å². The van der Waals surface area contributed by atoms with E-state index < -0.39 is 27.5 Å². The molecule has 3 amide bonds. The molecule has 0 spiro atoms. The van der Waals surface area contributed by atoms with E-state index in [1.807, 2.05) is 13.8 Å². The first-order valence-corrected chi connectivity index (χ1v) is 9.98. The number of nitrogens with zero attached hydrogens (tertiary/aromatic N) is 1. The van der Waals surface area contributed by atoms with E-state index in [1.165, 1.54) is 19.1 Å². The van der Waals surface area contributed by atoms with Crippen molar-refractivity contribution in [3.05, 3.63) is 65.7 Å². The Labute approximate surface area is 158 Å². The summed E-state index contributed by atoms with van der Waals surface area (Å²) in [6.07, 6.45) is 0. The molecule has 7 nitrogen and oxygen atoms in total. The number of amides is 3. The number of rotatable bonds is 5. The molecule has 1 fully saturated rings. The number of hydrogen-bond acceptors (Lipinski definition) is 4. The topological polar surface area (TPSA) is 95.6 Å². The van der Waals surface area contributed by atoms with Crippen molar-refractivity contribution < 1.29 is 18.0 Å². The first-order chi connectivity index (χ1) is 12.6. The Hall–Kier alpha value is -2.71. The van der Waals surface area contributed by atoms with Gasteiger partial charge in [0, 0.05) is 0 Å². The first-order valence-electron chi connectivity index (χ1n) is 8.50. The predicted molar refractivity (Wildman–Crippen MR) is 100 cm³/mol. The number of imide groups is 1. The van der Waals surface area contributed by atoms with Crippen LogP contribution in [0.15, 0.2) is 59.5 Å². The lowest BCUT2D eigenvalue weighted by molar-refractivity contribution is -0.132. The molecule has 0 aliphatic carbocycles. The molecule has 0 radical (unpaired) electrons. The van der Waals surface area contributed by atoms with Gasteiger partial charge in [-0.3, -0.25) is 4.79 Å². The quantitative estimate of drug-likeness (QED) is 0.771. The van der Waals surface area contributed by atoms with Crippen LogP contribution in [0.1, 0.15) is 37.8 Å². The largest absolute Gasteiger partial charge is 0.341 e. The zero-order valence-electron chi connectivity index (χ0n) is 15.3. The summed E-state index contributed by atoms with van der Waals surface area (Å²) in [5.74, 6) is -0.437. The van der Waals surface area contributed by atoms with Crippen LogP contribution in [0.4, 0.5) is 4.79 Å². The highest BCUT2D eigenvalue weighted by molar-refractivity contribution is 7.89. The number of carbonyl (C=O) groups is 2. The maximum Gasteiger partial charge on any atom is 0.341 e. The molecule has 2 aromatic rings. The zero-order valence-corrected chi connectivity index (χ0v) is 16.1. The second-order valence-corrected chi connectivity index (χ2v) is 8.54. The minimum Gasteiger partial charge on any atom is -0.318 e. The standard InChI is InChI=1S/C19H21N3O4S/c1-13(2)14-9-11-16(12-10-14)27(25,26)21-22-17(23)19(3,20-18(22)24)15-7-5-4-6-8-15/h4-13,21H,1-3H3,(H,20,24)/t19-/m1/s1. The lowest BCUT2D eigenvalue weighted by atomic mass is 9.92. The molecule has 2 N–H and O–H groups in total. The fourth-order valence-electron chi connectivity index (χ4n) is 2.89. The number of sulfonamides is 1. The normalized spacial score (nSPS) is 20.2. The molecule has 3 rings (SSSR count).